The minimum absolute atomic E-state index is 0.203. The van der Waals surface area contributed by atoms with Gasteiger partial charge in [0, 0.05) is 6.42 Å². The zero-order valence-corrected chi connectivity index (χ0v) is 9.58. The van der Waals surface area contributed by atoms with Crippen molar-refractivity contribution < 1.29 is 14.3 Å². The summed E-state index contributed by atoms with van der Waals surface area (Å²) in [5, 5.41) is 12.4. The van der Waals surface area contributed by atoms with Crippen molar-refractivity contribution in [2.45, 2.75) is 31.2 Å². The summed E-state index contributed by atoms with van der Waals surface area (Å²) in [5.41, 5.74) is -0.537. The van der Waals surface area contributed by atoms with Gasteiger partial charge in [-0.15, -0.1) is 0 Å². The largest absolute Gasteiger partial charge is 0.480 e. The highest BCUT2D eigenvalue weighted by Gasteiger charge is 2.39. The van der Waals surface area contributed by atoms with Gasteiger partial charge in [0.1, 0.15) is 11.4 Å². The van der Waals surface area contributed by atoms with Gasteiger partial charge >= 0.3 is 5.97 Å². The van der Waals surface area contributed by atoms with E-state index in [-0.39, 0.29) is 12.2 Å². The molecule has 2 N–H and O–H groups in total. The normalized spacial score (nSPS) is 24.5. The lowest BCUT2D eigenvalue weighted by molar-refractivity contribution is -0.146. The number of hydrogen-bond acceptors (Lipinski definition) is 2. The van der Waals surface area contributed by atoms with E-state index in [9.17, 15) is 14.3 Å². The Bertz CT molecular complexity index is 414. The Hall–Kier alpha value is -1.42. The van der Waals surface area contributed by atoms with E-state index in [1.807, 2.05) is 0 Å². The molecule has 0 spiro atoms. The number of halogens is 1. The number of carboxylic acids is 1. The minimum atomic E-state index is -1.000. The number of carboxylic acid groups (broad SMARTS) is 1. The van der Waals surface area contributed by atoms with Crippen LogP contribution in [0.5, 0.6) is 0 Å². The first-order chi connectivity index (χ1) is 8.14. The Balaban J connectivity index is 2.24. The van der Waals surface area contributed by atoms with Gasteiger partial charge < -0.3 is 10.4 Å². The Morgan fingerprint density at radius 3 is 2.76 bits per heavy atom. The molecule has 1 unspecified atom stereocenters. The second-order valence-electron chi connectivity index (χ2n) is 4.54. The Kier molecular flexibility index (Phi) is 3.43. The van der Waals surface area contributed by atoms with Crippen molar-refractivity contribution in [2.24, 2.45) is 0 Å². The van der Waals surface area contributed by atoms with Gasteiger partial charge in [-0.3, -0.25) is 4.79 Å². The van der Waals surface area contributed by atoms with Crippen LogP contribution in [0.1, 0.15) is 24.8 Å². The molecule has 1 aliphatic rings. The molecule has 92 valence electrons. The molecule has 0 aliphatic carbocycles. The molecule has 3 nitrogen and oxygen atoms in total. The van der Waals surface area contributed by atoms with Crippen LogP contribution >= 0.6 is 0 Å². The molecule has 2 rings (SSSR count). The van der Waals surface area contributed by atoms with Crippen LogP contribution in [-0.2, 0) is 11.2 Å². The number of benzene rings is 1. The number of aliphatic carboxylic acids is 1. The van der Waals surface area contributed by atoms with Gasteiger partial charge in [0.05, 0.1) is 0 Å². The van der Waals surface area contributed by atoms with Crippen LogP contribution in [0.2, 0.25) is 0 Å². The first kappa shape index (κ1) is 12.0. The smallest absolute Gasteiger partial charge is 0.324 e. The van der Waals surface area contributed by atoms with Crippen LogP contribution < -0.4 is 5.32 Å². The third-order valence-corrected chi connectivity index (χ3v) is 3.35. The number of piperidine rings is 1. The summed E-state index contributed by atoms with van der Waals surface area (Å²) in [7, 11) is 0. The third-order valence-electron chi connectivity index (χ3n) is 3.35. The van der Waals surface area contributed by atoms with Gasteiger partial charge in [0.2, 0.25) is 0 Å². The van der Waals surface area contributed by atoms with Crippen molar-refractivity contribution in [3.63, 3.8) is 0 Å². The lowest BCUT2D eigenvalue weighted by Gasteiger charge is -2.34. The van der Waals surface area contributed by atoms with Crippen molar-refractivity contribution >= 4 is 5.97 Å². The van der Waals surface area contributed by atoms with Crippen molar-refractivity contribution in [1.29, 1.82) is 0 Å². The zero-order valence-electron chi connectivity index (χ0n) is 9.58. The second-order valence-corrected chi connectivity index (χ2v) is 4.54. The summed E-state index contributed by atoms with van der Waals surface area (Å²) in [6.07, 6.45) is 2.60. The van der Waals surface area contributed by atoms with Gasteiger partial charge in [-0.05, 0) is 37.4 Å². The number of rotatable bonds is 3. The molecular weight excluding hydrogens is 221 g/mol. The molecule has 0 saturated carbocycles. The molecule has 0 aromatic heterocycles. The average Bonchev–Trinajstić information content (AvgIpc) is 2.33. The molecule has 0 amide bonds. The summed E-state index contributed by atoms with van der Waals surface area (Å²) < 4.78 is 13.6. The molecule has 1 aliphatic heterocycles. The van der Waals surface area contributed by atoms with E-state index in [0.717, 1.165) is 12.8 Å². The second kappa shape index (κ2) is 4.84. The zero-order chi connectivity index (χ0) is 12.3. The summed E-state index contributed by atoms with van der Waals surface area (Å²) in [6, 6.07) is 6.36. The van der Waals surface area contributed by atoms with Crippen molar-refractivity contribution in [3.05, 3.63) is 35.6 Å². The number of nitrogens with one attached hydrogen (secondary N) is 1. The summed E-state index contributed by atoms with van der Waals surface area (Å²) in [6.45, 7) is 0.681. The van der Waals surface area contributed by atoms with Crippen LogP contribution in [0, 0.1) is 5.82 Å². The fourth-order valence-electron chi connectivity index (χ4n) is 2.34. The predicted octanol–water partition coefficient (Wildman–Crippen LogP) is 1.97. The van der Waals surface area contributed by atoms with Gasteiger partial charge in [-0.1, -0.05) is 18.2 Å². The maximum atomic E-state index is 13.6. The fourth-order valence-corrected chi connectivity index (χ4v) is 2.34. The molecule has 1 saturated heterocycles. The molecule has 17 heavy (non-hydrogen) atoms. The van der Waals surface area contributed by atoms with Crippen LogP contribution in [0.4, 0.5) is 4.39 Å². The Labute approximate surface area is 99.7 Å². The SMILES string of the molecule is O=C(O)C1(Cc2ccccc2F)CCCCN1. The van der Waals surface area contributed by atoms with Crippen molar-refractivity contribution in [1.82, 2.24) is 5.32 Å². The standard InChI is InChI=1S/C13H16FNO2/c14-11-6-2-1-5-10(11)9-13(12(16)17)7-3-4-8-15-13/h1-2,5-6,15H,3-4,7-9H2,(H,16,17). The maximum Gasteiger partial charge on any atom is 0.324 e. The Morgan fingerprint density at radius 1 is 1.41 bits per heavy atom. The van der Waals surface area contributed by atoms with E-state index in [4.69, 9.17) is 0 Å². The van der Waals surface area contributed by atoms with Crippen molar-refractivity contribution in [2.75, 3.05) is 6.54 Å². The van der Waals surface area contributed by atoms with Gasteiger partial charge in [-0.2, -0.15) is 0 Å². The van der Waals surface area contributed by atoms with Gasteiger partial charge in [0.25, 0.3) is 0 Å². The molecule has 1 fully saturated rings. The van der Waals surface area contributed by atoms with Gasteiger partial charge in [0.15, 0.2) is 0 Å². The van der Waals surface area contributed by atoms with Crippen molar-refractivity contribution in [3.8, 4) is 0 Å². The molecule has 1 heterocycles. The quantitative estimate of drug-likeness (QED) is 0.845. The fraction of sp³-hybridized carbons (Fsp3) is 0.462. The summed E-state index contributed by atoms with van der Waals surface area (Å²) >= 11 is 0. The number of carbonyl (C=O) groups is 1. The molecule has 0 radical (unpaired) electrons. The van der Waals surface area contributed by atoms with Crippen LogP contribution in [-0.4, -0.2) is 23.2 Å². The Morgan fingerprint density at radius 2 is 2.18 bits per heavy atom. The van der Waals surface area contributed by atoms with E-state index < -0.39 is 11.5 Å². The monoisotopic (exact) mass is 237 g/mol. The van der Waals surface area contributed by atoms with Crippen LogP contribution in [0.15, 0.2) is 24.3 Å². The molecule has 1 aromatic carbocycles. The topological polar surface area (TPSA) is 49.3 Å². The average molecular weight is 237 g/mol. The van der Waals surface area contributed by atoms with E-state index in [1.54, 1.807) is 18.2 Å². The highest BCUT2D eigenvalue weighted by atomic mass is 19.1. The molecule has 0 bridgehead atoms. The maximum absolute atomic E-state index is 13.6. The highest BCUT2D eigenvalue weighted by molar-refractivity contribution is 5.79. The van der Waals surface area contributed by atoms with E-state index >= 15 is 0 Å². The van der Waals surface area contributed by atoms with E-state index in [2.05, 4.69) is 5.32 Å². The summed E-state index contributed by atoms with van der Waals surface area (Å²) in [5.74, 6) is -1.22. The summed E-state index contributed by atoms with van der Waals surface area (Å²) in [4.78, 5) is 11.4. The third kappa shape index (κ3) is 2.47. The van der Waals surface area contributed by atoms with E-state index in [1.165, 1.54) is 6.07 Å². The van der Waals surface area contributed by atoms with Crippen LogP contribution in [0.25, 0.3) is 0 Å². The predicted molar refractivity (Wildman–Crippen MR) is 62.3 cm³/mol. The highest BCUT2D eigenvalue weighted by Crippen LogP contribution is 2.25. The lowest BCUT2D eigenvalue weighted by atomic mass is 9.83. The number of hydrogen-bond donors (Lipinski definition) is 2. The first-order valence-corrected chi connectivity index (χ1v) is 5.86. The molecule has 1 aromatic rings. The first-order valence-electron chi connectivity index (χ1n) is 5.86. The minimum Gasteiger partial charge on any atom is -0.480 e. The van der Waals surface area contributed by atoms with Gasteiger partial charge in [-0.25, -0.2) is 4.39 Å². The molecule has 1 atom stereocenters. The van der Waals surface area contributed by atoms with E-state index in [0.29, 0.717) is 18.5 Å². The lowest BCUT2D eigenvalue weighted by Crippen LogP contribution is -2.56. The molecular formula is C13H16FNO2. The molecule has 4 heteroatoms. The van der Waals surface area contributed by atoms with Crippen LogP contribution in [0.3, 0.4) is 0 Å².